The van der Waals surface area contributed by atoms with E-state index in [0.717, 1.165) is 11.4 Å². The van der Waals surface area contributed by atoms with Crippen molar-refractivity contribution in [2.75, 3.05) is 23.1 Å². The van der Waals surface area contributed by atoms with Crippen LogP contribution in [0.15, 0.2) is 6.33 Å². The highest BCUT2D eigenvalue weighted by Crippen LogP contribution is 2.26. The largest absolute Gasteiger partial charge is 0.383 e. The van der Waals surface area contributed by atoms with Crippen LogP contribution in [-0.2, 0) is 10.8 Å². The average molecular weight is 256 g/mol. The Kier molecular flexibility index (Phi) is 4.86. The molecule has 0 aliphatic carbocycles. The maximum absolute atomic E-state index is 11.1. The first-order valence-corrected chi connectivity index (χ1v) is 7.31. The molecular weight excluding hydrogens is 236 g/mol. The second kappa shape index (κ2) is 5.95. The zero-order valence-corrected chi connectivity index (χ0v) is 11.5. The van der Waals surface area contributed by atoms with Crippen LogP contribution in [0.4, 0.5) is 11.6 Å². The first kappa shape index (κ1) is 13.9. The van der Waals surface area contributed by atoms with E-state index in [4.69, 9.17) is 5.73 Å². The second-order valence-corrected chi connectivity index (χ2v) is 5.94. The predicted octanol–water partition coefficient (Wildman–Crippen LogP) is 1.36. The zero-order valence-electron chi connectivity index (χ0n) is 10.7. The molecule has 1 heterocycles. The summed E-state index contributed by atoms with van der Waals surface area (Å²) in [6.07, 6.45) is 3.13. The summed E-state index contributed by atoms with van der Waals surface area (Å²) in [6.45, 7) is 6.07. The molecule has 0 aliphatic heterocycles. The summed E-state index contributed by atoms with van der Waals surface area (Å²) >= 11 is 0. The molecule has 0 fully saturated rings. The highest BCUT2D eigenvalue weighted by molar-refractivity contribution is 7.84. The Morgan fingerprint density at radius 3 is 2.59 bits per heavy atom. The smallest absolute Gasteiger partial charge is 0.135 e. The van der Waals surface area contributed by atoms with Gasteiger partial charge in [0.15, 0.2) is 0 Å². The Bertz CT molecular complexity index is 408. The molecule has 96 valence electrons. The van der Waals surface area contributed by atoms with Crippen molar-refractivity contribution in [3.8, 4) is 0 Å². The molecule has 0 aliphatic rings. The first-order valence-electron chi connectivity index (χ1n) is 5.58. The van der Waals surface area contributed by atoms with Gasteiger partial charge in [0, 0.05) is 34.4 Å². The Morgan fingerprint density at radius 2 is 2.06 bits per heavy atom. The van der Waals surface area contributed by atoms with Gasteiger partial charge in [-0.3, -0.25) is 4.21 Å². The van der Waals surface area contributed by atoms with E-state index < -0.39 is 10.8 Å². The third kappa shape index (κ3) is 3.96. The summed E-state index contributed by atoms with van der Waals surface area (Å²) in [4.78, 5) is 8.20. The second-order valence-electron chi connectivity index (χ2n) is 4.46. The summed E-state index contributed by atoms with van der Waals surface area (Å²) in [5.41, 5.74) is 6.77. The van der Waals surface area contributed by atoms with Crippen LogP contribution in [0, 0.1) is 0 Å². The molecule has 0 saturated carbocycles. The molecule has 2 unspecified atom stereocenters. The van der Waals surface area contributed by atoms with Gasteiger partial charge in [-0.15, -0.1) is 0 Å². The average Bonchev–Trinajstić information content (AvgIpc) is 2.15. The van der Waals surface area contributed by atoms with Gasteiger partial charge >= 0.3 is 0 Å². The van der Waals surface area contributed by atoms with Crippen LogP contribution in [0.3, 0.4) is 0 Å². The SMILES string of the molecule is CC(CS(C)=O)Nc1ncnc(N)c1C(C)C. The predicted molar refractivity (Wildman–Crippen MR) is 72.6 cm³/mol. The normalized spacial score (nSPS) is 14.6. The minimum Gasteiger partial charge on any atom is -0.383 e. The molecule has 1 aromatic rings. The van der Waals surface area contributed by atoms with Gasteiger partial charge in [0.05, 0.1) is 0 Å². The van der Waals surface area contributed by atoms with Crippen molar-refractivity contribution in [1.29, 1.82) is 0 Å². The van der Waals surface area contributed by atoms with E-state index in [1.54, 1.807) is 6.26 Å². The number of rotatable bonds is 5. The van der Waals surface area contributed by atoms with Crippen molar-refractivity contribution in [2.45, 2.75) is 32.7 Å². The fourth-order valence-corrected chi connectivity index (χ4v) is 2.51. The fraction of sp³-hybridized carbons (Fsp3) is 0.636. The van der Waals surface area contributed by atoms with E-state index in [-0.39, 0.29) is 12.0 Å². The van der Waals surface area contributed by atoms with Crippen LogP contribution >= 0.6 is 0 Å². The number of hydrogen-bond acceptors (Lipinski definition) is 5. The Labute approximate surface area is 105 Å². The monoisotopic (exact) mass is 256 g/mol. The molecule has 0 spiro atoms. The van der Waals surface area contributed by atoms with Gasteiger partial charge in [0.1, 0.15) is 18.0 Å². The molecule has 0 saturated heterocycles. The fourth-order valence-electron chi connectivity index (χ4n) is 1.72. The molecule has 0 bridgehead atoms. The number of nitrogens with one attached hydrogen (secondary N) is 1. The van der Waals surface area contributed by atoms with Gasteiger partial charge in [-0.2, -0.15) is 0 Å². The van der Waals surface area contributed by atoms with E-state index in [1.165, 1.54) is 6.33 Å². The molecule has 0 radical (unpaired) electrons. The number of nitrogen functional groups attached to an aromatic ring is 1. The molecule has 6 heteroatoms. The minimum atomic E-state index is -0.829. The summed E-state index contributed by atoms with van der Waals surface area (Å²) in [5, 5.41) is 3.24. The van der Waals surface area contributed by atoms with Crippen molar-refractivity contribution < 1.29 is 4.21 Å². The Morgan fingerprint density at radius 1 is 1.41 bits per heavy atom. The standard InChI is InChI=1S/C11H20N4OS/c1-7(2)9-10(12)13-6-14-11(9)15-8(3)5-17(4)16/h6-8H,5H2,1-4H3,(H3,12,13,14,15). The van der Waals surface area contributed by atoms with Gasteiger partial charge in [-0.25, -0.2) is 9.97 Å². The van der Waals surface area contributed by atoms with E-state index in [1.807, 2.05) is 20.8 Å². The van der Waals surface area contributed by atoms with E-state index in [9.17, 15) is 4.21 Å². The maximum Gasteiger partial charge on any atom is 0.135 e. The topological polar surface area (TPSA) is 80.9 Å². The van der Waals surface area contributed by atoms with Crippen molar-refractivity contribution in [3.63, 3.8) is 0 Å². The van der Waals surface area contributed by atoms with E-state index in [2.05, 4.69) is 15.3 Å². The lowest BCUT2D eigenvalue weighted by Crippen LogP contribution is -2.24. The molecule has 0 amide bonds. The van der Waals surface area contributed by atoms with E-state index in [0.29, 0.717) is 11.6 Å². The van der Waals surface area contributed by atoms with Gasteiger partial charge in [0.25, 0.3) is 0 Å². The number of anilines is 2. The lowest BCUT2D eigenvalue weighted by Gasteiger charge is -2.18. The Balaban J connectivity index is 2.90. The highest BCUT2D eigenvalue weighted by atomic mass is 32.2. The van der Waals surface area contributed by atoms with Crippen LogP contribution in [-0.4, -0.2) is 32.2 Å². The zero-order chi connectivity index (χ0) is 13.0. The Hall–Kier alpha value is -1.17. The third-order valence-electron chi connectivity index (χ3n) is 2.36. The first-order chi connectivity index (χ1) is 7.91. The number of nitrogens with two attached hydrogens (primary N) is 1. The molecule has 2 atom stereocenters. The molecule has 1 aromatic heterocycles. The molecular formula is C11H20N4OS. The quantitative estimate of drug-likeness (QED) is 0.831. The van der Waals surface area contributed by atoms with Crippen LogP contribution < -0.4 is 11.1 Å². The van der Waals surface area contributed by atoms with Crippen LogP contribution in [0.2, 0.25) is 0 Å². The van der Waals surface area contributed by atoms with Crippen LogP contribution in [0.25, 0.3) is 0 Å². The van der Waals surface area contributed by atoms with Crippen molar-refractivity contribution in [1.82, 2.24) is 9.97 Å². The molecule has 0 aromatic carbocycles. The summed E-state index contributed by atoms with van der Waals surface area (Å²) in [6, 6.07) is 0.0904. The molecule has 3 N–H and O–H groups in total. The van der Waals surface area contributed by atoms with Crippen molar-refractivity contribution >= 4 is 22.4 Å². The van der Waals surface area contributed by atoms with Crippen molar-refractivity contribution in [3.05, 3.63) is 11.9 Å². The summed E-state index contributed by atoms with van der Waals surface area (Å²) in [5.74, 6) is 2.08. The van der Waals surface area contributed by atoms with Gasteiger partial charge in [-0.05, 0) is 12.8 Å². The summed E-state index contributed by atoms with van der Waals surface area (Å²) in [7, 11) is -0.829. The van der Waals surface area contributed by atoms with Crippen LogP contribution in [0.5, 0.6) is 0 Å². The number of nitrogens with zero attached hydrogens (tertiary/aromatic N) is 2. The lowest BCUT2D eigenvalue weighted by atomic mass is 10.0. The van der Waals surface area contributed by atoms with Crippen LogP contribution in [0.1, 0.15) is 32.3 Å². The highest BCUT2D eigenvalue weighted by Gasteiger charge is 2.14. The van der Waals surface area contributed by atoms with E-state index >= 15 is 0 Å². The molecule has 1 rings (SSSR count). The molecule has 5 nitrogen and oxygen atoms in total. The van der Waals surface area contributed by atoms with Gasteiger partial charge in [0.2, 0.25) is 0 Å². The maximum atomic E-state index is 11.1. The molecule has 17 heavy (non-hydrogen) atoms. The number of aromatic nitrogens is 2. The van der Waals surface area contributed by atoms with Gasteiger partial charge in [-0.1, -0.05) is 13.8 Å². The van der Waals surface area contributed by atoms with Gasteiger partial charge < -0.3 is 11.1 Å². The summed E-state index contributed by atoms with van der Waals surface area (Å²) < 4.78 is 11.1. The minimum absolute atomic E-state index is 0.0904. The third-order valence-corrected chi connectivity index (χ3v) is 3.33. The van der Waals surface area contributed by atoms with Crippen molar-refractivity contribution in [2.24, 2.45) is 0 Å². The number of hydrogen-bond donors (Lipinski definition) is 2. The lowest BCUT2D eigenvalue weighted by molar-refractivity contribution is 0.682.